The number of amides is 1. The Bertz CT molecular complexity index is 1040. The van der Waals surface area contributed by atoms with E-state index in [9.17, 15) is 13.2 Å². The molecule has 8 nitrogen and oxygen atoms in total. The van der Waals surface area contributed by atoms with Gasteiger partial charge in [-0.1, -0.05) is 11.6 Å². The van der Waals surface area contributed by atoms with Crippen molar-refractivity contribution in [2.75, 3.05) is 27.4 Å². The molecule has 0 unspecified atom stereocenters. The number of hydrogen-bond acceptors (Lipinski definition) is 6. The van der Waals surface area contributed by atoms with E-state index in [1.54, 1.807) is 12.1 Å². The molecule has 0 radical (unpaired) electrons. The maximum Gasteiger partial charge on any atom is 0.255 e. The summed E-state index contributed by atoms with van der Waals surface area (Å²) in [5.41, 5.74) is 0.951. The molecule has 0 aromatic heterocycles. The fourth-order valence-corrected chi connectivity index (χ4v) is 4.12. The Kier molecular flexibility index (Phi) is 6.21. The molecular weight excluding hydrogens is 420 g/mol. The average Bonchev–Trinajstić information content (AvgIpc) is 2.70. The maximum atomic E-state index is 12.6. The summed E-state index contributed by atoms with van der Waals surface area (Å²) in [7, 11) is -1.16. The first kappa shape index (κ1) is 21.2. The number of nitrogens with one attached hydrogen (secondary N) is 1. The molecule has 0 saturated heterocycles. The van der Waals surface area contributed by atoms with E-state index in [0.717, 1.165) is 0 Å². The molecular formula is C19H21ClN2O6S. The number of sulfonamides is 1. The zero-order valence-electron chi connectivity index (χ0n) is 15.9. The van der Waals surface area contributed by atoms with E-state index in [0.29, 0.717) is 40.7 Å². The second-order valence-corrected chi connectivity index (χ2v) is 8.44. The van der Waals surface area contributed by atoms with Gasteiger partial charge in [0.05, 0.1) is 26.4 Å². The van der Waals surface area contributed by atoms with Gasteiger partial charge in [-0.25, -0.2) is 13.6 Å². The van der Waals surface area contributed by atoms with Gasteiger partial charge in [-0.3, -0.25) is 4.79 Å². The third-order valence-electron chi connectivity index (χ3n) is 4.68. The minimum Gasteiger partial charge on any atom is -0.496 e. The van der Waals surface area contributed by atoms with Crippen LogP contribution in [0.5, 0.6) is 17.2 Å². The molecule has 1 amide bonds. The molecule has 3 rings (SSSR count). The van der Waals surface area contributed by atoms with Gasteiger partial charge in [0.1, 0.15) is 22.1 Å². The minimum atomic E-state index is -3.99. The highest BCUT2D eigenvalue weighted by atomic mass is 35.5. The molecule has 2 aromatic rings. The molecule has 29 heavy (non-hydrogen) atoms. The first-order valence-corrected chi connectivity index (χ1v) is 10.7. The Morgan fingerprint density at radius 2 is 1.97 bits per heavy atom. The summed E-state index contributed by atoms with van der Waals surface area (Å²) in [5, 5.41) is 8.58. The van der Waals surface area contributed by atoms with Gasteiger partial charge in [0, 0.05) is 29.1 Å². The summed E-state index contributed by atoms with van der Waals surface area (Å²) in [6.45, 7) is 0.688. The van der Waals surface area contributed by atoms with Crippen molar-refractivity contribution in [2.24, 2.45) is 5.14 Å². The minimum absolute atomic E-state index is 0.111. The van der Waals surface area contributed by atoms with Crippen LogP contribution < -0.4 is 24.7 Å². The van der Waals surface area contributed by atoms with Crippen molar-refractivity contribution in [1.82, 2.24) is 5.32 Å². The van der Waals surface area contributed by atoms with Crippen LogP contribution in [0.4, 0.5) is 0 Å². The van der Waals surface area contributed by atoms with E-state index in [2.05, 4.69) is 5.32 Å². The van der Waals surface area contributed by atoms with Crippen molar-refractivity contribution in [2.45, 2.75) is 17.2 Å². The predicted molar refractivity (Wildman–Crippen MR) is 108 cm³/mol. The molecule has 1 heterocycles. The topological polar surface area (TPSA) is 117 Å². The Balaban J connectivity index is 1.86. The Labute approximate surface area is 173 Å². The second kappa shape index (κ2) is 8.48. The lowest BCUT2D eigenvalue weighted by molar-refractivity contribution is 0.0945. The number of carbonyl (C=O) groups excluding carboxylic acids is 1. The number of ether oxygens (including phenoxy) is 3. The normalized spacial score (nSPS) is 15.8. The molecule has 3 N–H and O–H groups in total. The van der Waals surface area contributed by atoms with Crippen LogP contribution in [0.2, 0.25) is 5.02 Å². The zero-order valence-corrected chi connectivity index (χ0v) is 17.5. The van der Waals surface area contributed by atoms with Crippen LogP contribution in [0, 0.1) is 0 Å². The molecule has 1 aliphatic rings. The van der Waals surface area contributed by atoms with Gasteiger partial charge in [0.2, 0.25) is 10.0 Å². The average molecular weight is 441 g/mol. The number of primary sulfonamides is 1. The Morgan fingerprint density at radius 1 is 1.24 bits per heavy atom. The summed E-state index contributed by atoms with van der Waals surface area (Å²) in [6, 6.07) is 7.72. The number of fused-ring (bicyclic) bond motifs is 1. The number of methoxy groups -OCH3 is 2. The van der Waals surface area contributed by atoms with E-state index in [1.165, 1.54) is 32.4 Å². The lowest BCUT2D eigenvalue weighted by Gasteiger charge is -2.27. The third-order valence-corrected chi connectivity index (χ3v) is 5.85. The number of carbonyl (C=O) groups is 1. The summed E-state index contributed by atoms with van der Waals surface area (Å²) in [6.07, 6.45) is 0.594. The molecule has 0 bridgehead atoms. The second-order valence-electron chi connectivity index (χ2n) is 6.47. The van der Waals surface area contributed by atoms with Crippen molar-refractivity contribution in [3.63, 3.8) is 0 Å². The molecule has 0 aliphatic carbocycles. The number of nitrogens with two attached hydrogens (primary N) is 1. The van der Waals surface area contributed by atoms with Crippen molar-refractivity contribution in [1.29, 1.82) is 0 Å². The van der Waals surface area contributed by atoms with Crippen LogP contribution in [0.3, 0.4) is 0 Å². The highest BCUT2D eigenvalue weighted by Gasteiger charge is 2.27. The predicted octanol–water partition coefficient (Wildman–Crippen LogP) is 2.30. The molecule has 0 spiro atoms. The molecule has 2 aromatic carbocycles. The molecule has 156 valence electrons. The maximum absolute atomic E-state index is 12.6. The SMILES string of the molecule is COc1ccc(Cl)cc1C(=O)NC[C@@H]1CCOc2cc(OC)c(S(N)(=O)=O)cc21. The van der Waals surface area contributed by atoms with Gasteiger partial charge in [0.15, 0.2) is 0 Å². The van der Waals surface area contributed by atoms with Gasteiger partial charge < -0.3 is 19.5 Å². The first-order valence-electron chi connectivity index (χ1n) is 8.74. The van der Waals surface area contributed by atoms with Crippen molar-refractivity contribution < 1.29 is 27.4 Å². The Hall–Kier alpha value is -2.49. The zero-order chi connectivity index (χ0) is 21.2. The summed E-state index contributed by atoms with van der Waals surface area (Å²) in [5.74, 6) is 0.497. The smallest absolute Gasteiger partial charge is 0.255 e. The lowest BCUT2D eigenvalue weighted by Crippen LogP contribution is -2.31. The largest absolute Gasteiger partial charge is 0.496 e. The van der Waals surface area contributed by atoms with Crippen LogP contribution in [-0.2, 0) is 10.0 Å². The van der Waals surface area contributed by atoms with Gasteiger partial charge in [-0.05, 0) is 30.7 Å². The van der Waals surface area contributed by atoms with Gasteiger partial charge in [-0.2, -0.15) is 0 Å². The van der Waals surface area contributed by atoms with E-state index >= 15 is 0 Å². The van der Waals surface area contributed by atoms with E-state index in [-0.39, 0.29) is 29.0 Å². The molecule has 0 fully saturated rings. The number of benzene rings is 2. The molecule has 0 saturated carbocycles. The fourth-order valence-electron chi connectivity index (χ4n) is 3.23. The number of rotatable bonds is 6. The van der Waals surface area contributed by atoms with Crippen molar-refractivity contribution in [3.05, 3.63) is 46.5 Å². The standard InChI is InChI=1S/C19H21ClN2O6S/c1-26-15-4-3-12(20)7-14(15)19(23)22-10-11-5-6-28-16-9-17(27-2)18(8-13(11)16)29(21,24)25/h3-4,7-9,11H,5-6,10H2,1-2H3,(H,22,23)(H2,21,24,25)/t11-/m0/s1. The van der Waals surface area contributed by atoms with E-state index in [4.69, 9.17) is 31.0 Å². The van der Waals surface area contributed by atoms with Gasteiger partial charge in [0.25, 0.3) is 5.91 Å². The highest BCUT2D eigenvalue weighted by Crippen LogP contribution is 2.39. The first-order chi connectivity index (χ1) is 13.7. The number of hydrogen-bond donors (Lipinski definition) is 2. The van der Waals surface area contributed by atoms with E-state index in [1.807, 2.05) is 0 Å². The molecule has 1 aliphatic heterocycles. The van der Waals surface area contributed by atoms with Crippen LogP contribution in [0.15, 0.2) is 35.2 Å². The fraction of sp³-hybridized carbons (Fsp3) is 0.316. The van der Waals surface area contributed by atoms with Gasteiger partial charge in [-0.15, -0.1) is 0 Å². The van der Waals surface area contributed by atoms with Crippen LogP contribution in [-0.4, -0.2) is 41.7 Å². The summed E-state index contributed by atoms with van der Waals surface area (Å²) in [4.78, 5) is 12.5. The Morgan fingerprint density at radius 3 is 2.62 bits per heavy atom. The lowest BCUT2D eigenvalue weighted by atomic mass is 9.92. The summed E-state index contributed by atoms with van der Waals surface area (Å²) >= 11 is 5.99. The summed E-state index contributed by atoms with van der Waals surface area (Å²) < 4.78 is 39.8. The molecule has 10 heteroatoms. The van der Waals surface area contributed by atoms with Crippen molar-refractivity contribution in [3.8, 4) is 17.2 Å². The van der Waals surface area contributed by atoms with Crippen LogP contribution in [0.25, 0.3) is 0 Å². The quantitative estimate of drug-likeness (QED) is 0.711. The highest BCUT2D eigenvalue weighted by molar-refractivity contribution is 7.89. The van der Waals surface area contributed by atoms with Crippen LogP contribution in [0.1, 0.15) is 28.3 Å². The monoisotopic (exact) mass is 440 g/mol. The third kappa shape index (κ3) is 4.58. The van der Waals surface area contributed by atoms with Crippen molar-refractivity contribution >= 4 is 27.5 Å². The van der Waals surface area contributed by atoms with Crippen LogP contribution >= 0.6 is 11.6 Å². The molecule has 1 atom stereocenters. The van der Waals surface area contributed by atoms with Gasteiger partial charge >= 0.3 is 0 Å². The van der Waals surface area contributed by atoms with E-state index < -0.39 is 10.0 Å². The number of halogens is 1.